The Morgan fingerprint density at radius 1 is 0.897 bits per heavy atom. The minimum Gasteiger partial charge on any atom is -0.497 e. The first kappa shape index (κ1) is 26.1. The molecule has 0 bridgehead atoms. The van der Waals surface area contributed by atoms with Gasteiger partial charge < -0.3 is 18.9 Å². The second-order valence-corrected chi connectivity index (χ2v) is 9.50. The van der Waals surface area contributed by atoms with Crippen LogP contribution >= 0.6 is 11.8 Å². The number of amides is 1. The summed E-state index contributed by atoms with van der Waals surface area (Å²) in [5.41, 5.74) is 1.91. The van der Waals surface area contributed by atoms with Gasteiger partial charge >= 0.3 is 0 Å². The van der Waals surface area contributed by atoms with E-state index in [4.69, 9.17) is 24.4 Å². The van der Waals surface area contributed by atoms with Crippen molar-refractivity contribution in [2.45, 2.75) is 6.42 Å². The molecule has 3 aromatic rings. The molecule has 0 atom stereocenters. The van der Waals surface area contributed by atoms with Crippen molar-refractivity contribution in [1.29, 1.82) is 5.41 Å². The normalized spacial score (nSPS) is 15.5. The van der Waals surface area contributed by atoms with Crippen molar-refractivity contribution in [3.63, 3.8) is 0 Å². The molecule has 10 heteroatoms. The van der Waals surface area contributed by atoms with Crippen molar-refractivity contribution in [2.75, 3.05) is 27.4 Å². The average Bonchev–Trinajstić information content (AvgIpc) is 3.36. The third-order valence-electron chi connectivity index (χ3n) is 5.86. The van der Waals surface area contributed by atoms with Crippen LogP contribution in [0.25, 0.3) is 6.08 Å². The Hall–Kier alpha value is -4.57. The monoisotopic (exact) mass is 542 g/mol. The highest BCUT2D eigenvalue weighted by Crippen LogP contribution is 2.32. The van der Waals surface area contributed by atoms with Gasteiger partial charge in [-0.2, -0.15) is 15.1 Å². The van der Waals surface area contributed by atoms with Gasteiger partial charge in [-0.05, 0) is 65.4 Å². The van der Waals surface area contributed by atoms with E-state index >= 15 is 0 Å². The molecule has 2 aliphatic rings. The third kappa shape index (κ3) is 6.12. The Kier molecular flexibility index (Phi) is 7.93. The molecule has 0 unspecified atom stereocenters. The van der Waals surface area contributed by atoms with E-state index in [1.165, 1.54) is 16.8 Å². The Labute approximate surface area is 230 Å². The van der Waals surface area contributed by atoms with Gasteiger partial charge in [0, 0.05) is 6.42 Å². The number of hydrogen-bond donors (Lipinski definition) is 1. The number of ether oxygens (including phenoxy) is 4. The number of fused-ring (bicyclic) bond motifs is 1. The van der Waals surface area contributed by atoms with E-state index in [2.05, 4.69) is 10.1 Å². The van der Waals surface area contributed by atoms with Crippen LogP contribution in [0.3, 0.4) is 0 Å². The molecule has 0 radical (unpaired) electrons. The summed E-state index contributed by atoms with van der Waals surface area (Å²) in [4.78, 5) is 17.0. The quantitative estimate of drug-likeness (QED) is 0.283. The fourth-order valence-electron chi connectivity index (χ4n) is 3.92. The van der Waals surface area contributed by atoms with Crippen LogP contribution in [0.4, 0.5) is 0 Å². The predicted molar refractivity (Wildman–Crippen MR) is 152 cm³/mol. The number of nitrogens with zero attached hydrogens (tertiary/aromatic N) is 3. The lowest BCUT2D eigenvalue weighted by Crippen LogP contribution is -2.35. The molecule has 0 saturated heterocycles. The maximum atomic E-state index is 12.8. The summed E-state index contributed by atoms with van der Waals surface area (Å²) >= 11 is 1.31. The number of rotatable bonds is 10. The fourth-order valence-corrected chi connectivity index (χ4v) is 4.84. The van der Waals surface area contributed by atoms with E-state index in [1.54, 1.807) is 38.5 Å². The van der Waals surface area contributed by atoms with Crippen molar-refractivity contribution < 1.29 is 23.7 Å². The number of thioether (sulfide) groups is 1. The minimum absolute atomic E-state index is 0.0180. The molecule has 39 heavy (non-hydrogen) atoms. The number of carbonyl (C=O) groups excluding carboxylic acids is 1. The van der Waals surface area contributed by atoms with Gasteiger partial charge in [0.1, 0.15) is 29.8 Å². The van der Waals surface area contributed by atoms with Crippen molar-refractivity contribution in [3.8, 4) is 23.0 Å². The first-order chi connectivity index (χ1) is 19.0. The van der Waals surface area contributed by atoms with E-state index in [0.717, 1.165) is 16.4 Å². The van der Waals surface area contributed by atoms with Gasteiger partial charge in [-0.3, -0.25) is 10.2 Å². The summed E-state index contributed by atoms with van der Waals surface area (Å²) in [7, 11) is 3.16. The number of carbonyl (C=O) groups is 1. The molecule has 0 fully saturated rings. The first-order valence-electron chi connectivity index (χ1n) is 12.1. The maximum absolute atomic E-state index is 12.8. The zero-order valence-electron chi connectivity index (χ0n) is 21.4. The summed E-state index contributed by atoms with van der Waals surface area (Å²) in [6.45, 7) is 0.646. The van der Waals surface area contributed by atoms with Crippen LogP contribution in [0.5, 0.6) is 23.0 Å². The number of hydrogen-bond acceptors (Lipinski definition) is 8. The molecule has 0 aliphatic carbocycles. The van der Waals surface area contributed by atoms with E-state index in [0.29, 0.717) is 47.6 Å². The van der Waals surface area contributed by atoms with E-state index in [1.807, 2.05) is 54.6 Å². The molecule has 2 aliphatic heterocycles. The van der Waals surface area contributed by atoms with Crippen LogP contribution in [0, 0.1) is 5.41 Å². The van der Waals surface area contributed by atoms with Crippen molar-refractivity contribution in [1.82, 2.24) is 5.01 Å². The lowest BCUT2D eigenvalue weighted by atomic mass is 10.1. The molecule has 198 valence electrons. The van der Waals surface area contributed by atoms with E-state index in [9.17, 15) is 4.79 Å². The molecular formula is C29H26N4O5S. The fraction of sp³-hybridized carbons (Fsp3) is 0.172. The lowest BCUT2D eigenvalue weighted by Gasteiger charge is -2.20. The molecule has 1 amide bonds. The van der Waals surface area contributed by atoms with Crippen molar-refractivity contribution >= 4 is 39.8 Å². The number of amidine groups is 2. The molecule has 3 aromatic carbocycles. The topological polar surface area (TPSA) is 106 Å². The third-order valence-corrected chi connectivity index (χ3v) is 6.77. The first-order valence-corrected chi connectivity index (χ1v) is 13.0. The minimum atomic E-state index is -0.482. The van der Waals surface area contributed by atoms with Gasteiger partial charge in [-0.25, -0.2) is 0 Å². The summed E-state index contributed by atoms with van der Waals surface area (Å²) in [6.07, 6.45) is 2.21. The summed E-state index contributed by atoms with van der Waals surface area (Å²) in [5, 5.41) is 15.7. The Bertz CT molecular complexity index is 1470. The Balaban J connectivity index is 1.24. The van der Waals surface area contributed by atoms with Gasteiger partial charge in [0.25, 0.3) is 5.91 Å². The largest absolute Gasteiger partial charge is 0.497 e. The SMILES string of the molecule is COc1ccc(OCCOc2ccc(/C=C3/C(=N)N4N=C(Cc5ccccc5)SC4=NC3=O)cc2OC)cc1. The van der Waals surface area contributed by atoms with Gasteiger partial charge in [0.05, 0.1) is 19.8 Å². The molecular weight excluding hydrogens is 516 g/mol. The standard InChI is InChI=1S/C29H26N4O5S/c1-35-21-9-11-22(12-10-21)37-14-15-38-24-13-8-20(17-25(24)36-2)16-23-27(30)33-29(31-28(23)34)39-26(32-33)18-19-6-4-3-5-7-19/h3-13,16-17,30H,14-15,18H2,1-2H3/b23-16-,30-27?. The van der Waals surface area contributed by atoms with Crippen LogP contribution in [-0.2, 0) is 11.2 Å². The van der Waals surface area contributed by atoms with Crippen LogP contribution in [-0.4, -0.2) is 54.4 Å². The zero-order chi connectivity index (χ0) is 27.2. The summed E-state index contributed by atoms with van der Waals surface area (Å²) in [6, 6.07) is 22.5. The van der Waals surface area contributed by atoms with E-state index < -0.39 is 5.91 Å². The van der Waals surface area contributed by atoms with Gasteiger partial charge in [-0.15, -0.1) is 0 Å². The van der Waals surface area contributed by atoms with Crippen LogP contribution in [0.1, 0.15) is 11.1 Å². The number of benzene rings is 3. The Morgan fingerprint density at radius 2 is 1.64 bits per heavy atom. The second kappa shape index (κ2) is 11.9. The molecule has 5 rings (SSSR count). The number of nitrogens with one attached hydrogen (secondary N) is 1. The smallest absolute Gasteiger partial charge is 0.283 e. The predicted octanol–water partition coefficient (Wildman–Crippen LogP) is 5.02. The van der Waals surface area contributed by atoms with Crippen molar-refractivity contribution in [2.24, 2.45) is 10.1 Å². The molecule has 1 N–H and O–H groups in total. The maximum Gasteiger partial charge on any atom is 0.283 e. The van der Waals surface area contributed by atoms with E-state index in [-0.39, 0.29) is 11.4 Å². The van der Waals surface area contributed by atoms with Gasteiger partial charge in [0.2, 0.25) is 5.17 Å². The summed E-state index contributed by atoms with van der Waals surface area (Å²) < 4.78 is 22.2. The van der Waals surface area contributed by atoms with Gasteiger partial charge in [0.15, 0.2) is 17.3 Å². The molecule has 9 nitrogen and oxygen atoms in total. The molecule has 0 saturated carbocycles. The molecule has 0 spiro atoms. The molecule has 2 heterocycles. The second-order valence-electron chi connectivity index (χ2n) is 8.46. The average molecular weight is 543 g/mol. The zero-order valence-corrected chi connectivity index (χ0v) is 22.2. The van der Waals surface area contributed by atoms with Crippen LogP contribution in [0.2, 0.25) is 0 Å². The highest BCUT2D eigenvalue weighted by molar-refractivity contribution is 8.26. The number of methoxy groups -OCH3 is 2. The highest BCUT2D eigenvalue weighted by atomic mass is 32.2. The lowest BCUT2D eigenvalue weighted by molar-refractivity contribution is -0.114. The van der Waals surface area contributed by atoms with Crippen LogP contribution < -0.4 is 18.9 Å². The Morgan fingerprint density at radius 3 is 2.38 bits per heavy atom. The van der Waals surface area contributed by atoms with Crippen molar-refractivity contribution in [3.05, 3.63) is 89.5 Å². The molecule has 0 aromatic heterocycles. The highest BCUT2D eigenvalue weighted by Gasteiger charge is 2.35. The van der Waals surface area contributed by atoms with Gasteiger partial charge in [-0.1, -0.05) is 36.4 Å². The summed E-state index contributed by atoms with van der Waals surface area (Å²) in [5.74, 6) is 2.00. The van der Waals surface area contributed by atoms with Crippen LogP contribution in [0.15, 0.2) is 88.5 Å². The number of aliphatic imine (C=N–C) groups is 1. The number of hydrazone groups is 1.